The van der Waals surface area contributed by atoms with Crippen LogP contribution >= 0.6 is 0 Å². The van der Waals surface area contributed by atoms with Crippen molar-refractivity contribution in [2.45, 2.75) is 9.79 Å². The van der Waals surface area contributed by atoms with Gasteiger partial charge in [-0.3, -0.25) is 4.72 Å². The molecule has 0 aliphatic heterocycles. The second kappa shape index (κ2) is 5.63. The summed E-state index contributed by atoms with van der Waals surface area (Å²) in [5, 5.41) is 0. The lowest BCUT2D eigenvalue weighted by Crippen LogP contribution is -2.24. The van der Waals surface area contributed by atoms with Gasteiger partial charge in [-0.15, -0.1) is 0 Å². The lowest BCUT2D eigenvalue weighted by Gasteiger charge is -2.16. The van der Waals surface area contributed by atoms with Crippen LogP contribution in [-0.2, 0) is 20.0 Å². The maximum absolute atomic E-state index is 12.2. The molecule has 0 aliphatic carbocycles. The molecule has 10 heteroatoms. The van der Waals surface area contributed by atoms with Gasteiger partial charge in [0.25, 0.3) is 10.0 Å². The molecule has 0 saturated carbocycles. The van der Waals surface area contributed by atoms with Crippen LogP contribution in [-0.4, -0.2) is 35.2 Å². The Morgan fingerprint density at radius 2 is 1.82 bits per heavy atom. The van der Waals surface area contributed by atoms with Crippen LogP contribution in [0.5, 0.6) is 0 Å². The number of nitrogens with two attached hydrogens (primary N) is 1. The van der Waals surface area contributed by atoms with Crippen molar-refractivity contribution < 1.29 is 21.3 Å². The first-order valence-electron chi connectivity index (χ1n) is 6.02. The second-order valence-corrected chi connectivity index (χ2v) is 8.37. The minimum atomic E-state index is -3.91. The van der Waals surface area contributed by atoms with Crippen LogP contribution in [0, 0.1) is 0 Å². The van der Waals surface area contributed by atoms with Gasteiger partial charge in [0.1, 0.15) is 16.1 Å². The summed E-state index contributed by atoms with van der Waals surface area (Å²) < 4.78 is 56.5. The predicted molar refractivity (Wildman–Crippen MR) is 81.2 cm³/mol. The van der Waals surface area contributed by atoms with E-state index in [0.717, 1.165) is 10.6 Å². The van der Waals surface area contributed by atoms with Crippen LogP contribution in [0.15, 0.2) is 51.0 Å². The number of benzene rings is 1. The fraction of sp³-hybridized carbons (Fsp3) is 0.167. The third-order valence-electron chi connectivity index (χ3n) is 2.87. The first-order valence-corrected chi connectivity index (χ1v) is 8.94. The van der Waals surface area contributed by atoms with Gasteiger partial charge in [0, 0.05) is 14.1 Å². The van der Waals surface area contributed by atoms with Crippen LogP contribution in [0.3, 0.4) is 0 Å². The number of sulfonamides is 2. The number of hydrogen-bond acceptors (Lipinski definition) is 6. The summed E-state index contributed by atoms with van der Waals surface area (Å²) in [7, 11) is -4.98. The van der Waals surface area contributed by atoms with Crippen molar-refractivity contribution >= 4 is 31.4 Å². The lowest BCUT2D eigenvalue weighted by atomic mass is 10.3. The van der Waals surface area contributed by atoms with E-state index in [2.05, 4.69) is 4.72 Å². The van der Waals surface area contributed by atoms with E-state index in [9.17, 15) is 16.8 Å². The molecule has 3 N–H and O–H groups in total. The van der Waals surface area contributed by atoms with E-state index in [0.29, 0.717) is 0 Å². The van der Waals surface area contributed by atoms with Crippen LogP contribution in [0.25, 0.3) is 0 Å². The normalized spacial score (nSPS) is 12.5. The molecule has 1 aromatic heterocycles. The standard InChI is InChI=1S/C12H15N3O5S2/c1-15(2)22(18,19)11-5-3-4-10(12(11)13)14-21(16,17)9-6-7-20-8-9/h3-8,14H,13H2,1-2H3. The van der Waals surface area contributed by atoms with E-state index >= 15 is 0 Å². The number of anilines is 2. The van der Waals surface area contributed by atoms with E-state index < -0.39 is 20.0 Å². The van der Waals surface area contributed by atoms with Gasteiger partial charge in [-0.2, -0.15) is 0 Å². The Morgan fingerprint density at radius 1 is 1.14 bits per heavy atom. The molecule has 0 unspecified atom stereocenters. The molecule has 1 heterocycles. The van der Waals surface area contributed by atoms with E-state index in [1.807, 2.05) is 0 Å². The van der Waals surface area contributed by atoms with Crippen LogP contribution < -0.4 is 10.5 Å². The number of nitrogen functional groups attached to an aromatic ring is 1. The highest BCUT2D eigenvalue weighted by atomic mass is 32.2. The fourth-order valence-electron chi connectivity index (χ4n) is 1.66. The zero-order valence-corrected chi connectivity index (χ0v) is 13.5. The van der Waals surface area contributed by atoms with Crippen molar-refractivity contribution in [3.8, 4) is 0 Å². The third kappa shape index (κ3) is 2.93. The average Bonchev–Trinajstić information content (AvgIpc) is 2.95. The summed E-state index contributed by atoms with van der Waals surface area (Å²) in [5.41, 5.74) is 5.61. The minimum Gasteiger partial charge on any atom is -0.471 e. The molecule has 0 spiro atoms. The van der Waals surface area contributed by atoms with E-state index in [1.54, 1.807) is 0 Å². The van der Waals surface area contributed by atoms with Crippen LogP contribution in [0.4, 0.5) is 11.4 Å². The Kier molecular flexibility index (Phi) is 4.18. The molecular formula is C12H15N3O5S2. The molecule has 0 amide bonds. The molecule has 0 atom stereocenters. The Hall–Kier alpha value is -2.04. The van der Waals surface area contributed by atoms with Gasteiger partial charge in [0.15, 0.2) is 0 Å². The SMILES string of the molecule is CN(C)S(=O)(=O)c1cccc(NS(=O)(=O)c2ccoc2)c1N. The summed E-state index contributed by atoms with van der Waals surface area (Å²) in [4.78, 5) is -0.266. The fourth-order valence-corrected chi connectivity index (χ4v) is 3.70. The highest BCUT2D eigenvalue weighted by Crippen LogP contribution is 2.29. The van der Waals surface area contributed by atoms with Crippen molar-refractivity contribution in [2.24, 2.45) is 0 Å². The van der Waals surface area contributed by atoms with E-state index in [4.69, 9.17) is 10.2 Å². The molecule has 2 rings (SSSR count). The topological polar surface area (TPSA) is 123 Å². The van der Waals surface area contributed by atoms with E-state index in [-0.39, 0.29) is 21.2 Å². The molecule has 0 saturated heterocycles. The summed E-state index contributed by atoms with van der Waals surface area (Å²) in [6, 6.07) is 5.35. The molecule has 0 radical (unpaired) electrons. The number of nitrogens with one attached hydrogen (secondary N) is 1. The third-order valence-corrected chi connectivity index (χ3v) is 6.09. The average molecular weight is 345 g/mol. The first kappa shape index (κ1) is 16.3. The van der Waals surface area contributed by atoms with Gasteiger partial charge in [0.2, 0.25) is 10.0 Å². The first-order chi connectivity index (χ1) is 10.2. The largest absolute Gasteiger partial charge is 0.471 e. The van der Waals surface area contributed by atoms with Crippen molar-refractivity contribution in [3.05, 3.63) is 36.8 Å². The molecule has 0 bridgehead atoms. The van der Waals surface area contributed by atoms with Gasteiger partial charge in [0.05, 0.1) is 17.6 Å². The number of nitrogens with zero attached hydrogens (tertiary/aromatic N) is 1. The summed E-state index contributed by atoms with van der Waals surface area (Å²) in [5.74, 6) is 0. The molecule has 0 fully saturated rings. The quantitative estimate of drug-likeness (QED) is 0.777. The smallest absolute Gasteiger partial charge is 0.265 e. The molecule has 1 aromatic carbocycles. The Morgan fingerprint density at radius 3 is 2.36 bits per heavy atom. The van der Waals surface area contributed by atoms with Crippen molar-refractivity contribution in [2.75, 3.05) is 24.6 Å². The summed E-state index contributed by atoms with van der Waals surface area (Å²) >= 11 is 0. The highest BCUT2D eigenvalue weighted by molar-refractivity contribution is 7.92. The summed E-state index contributed by atoms with van der Waals surface area (Å²) in [6.07, 6.45) is 2.27. The minimum absolute atomic E-state index is 0.0240. The number of rotatable bonds is 5. The monoisotopic (exact) mass is 345 g/mol. The Bertz CT molecular complexity index is 871. The molecule has 0 aliphatic rings. The molecular weight excluding hydrogens is 330 g/mol. The van der Waals surface area contributed by atoms with Gasteiger partial charge >= 0.3 is 0 Å². The second-order valence-electron chi connectivity index (χ2n) is 4.57. The maximum Gasteiger partial charge on any atom is 0.265 e. The van der Waals surface area contributed by atoms with Crippen molar-refractivity contribution in [1.29, 1.82) is 0 Å². The lowest BCUT2D eigenvalue weighted by molar-refractivity contribution is 0.521. The Labute approximate surface area is 128 Å². The molecule has 8 nitrogen and oxygen atoms in total. The van der Waals surface area contributed by atoms with Gasteiger partial charge < -0.3 is 10.2 Å². The number of furan rings is 1. The van der Waals surface area contributed by atoms with Gasteiger partial charge in [-0.25, -0.2) is 21.1 Å². The number of para-hydroxylation sites is 1. The zero-order chi connectivity index (χ0) is 16.5. The van der Waals surface area contributed by atoms with Gasteiger partial charge in [-0.1, -0.05) is 6.07 Å². The maximum atomic E-state index is 12.2. The van der Waals surface area contributed by atoms with Gasteiger partial charge in [-0.05, 0) is 18.2 Å². The molecule has 120 valence electrons. The summed E-state index contributed by atoms with van der Waals surface area (Å²) in [6.45, 7) is 0. The predicted octanol–water partition coefficient (Wildman–Crippen LogP) is 0.913. The molecule has 22 heavy (non-hydrogen) atoms. The van der Waals surface area contributed by atoms with Crippen LogP contribution in [0.2, 0.25) is 0 Å². The zero-order valence-electron chi connectivity index (χ0n) is 11.8. The van der Waals surface area contributed by atoms with Crippen molar-refractivity contribution in [1.82, 2.24) is 4.31 Å². The van der Waals surface area contributed by atoms with Crippen LogP contribution in [0.1, 0.15) is 0 Å². The highest BCUT2D eigenvalue weighted by Gasteiger charge is 2.24. The molecule has 2 aromatic rings. The van der Waals surface area contributed by atoms with Crippen molar-refractivity contribution in [3.63, 3.8) is 0 Å². The number of hydrogen-bond donors (Lipinski definition) is 2. The van der Waals surface area contributed by atoms with E-state index in [1.165, 1.54) is 44.6 Å². The Balaban J connectivity index is 2.48.